The Balaban J connectivity index is 1.59. The van der Waals surface area contributed by atoms with E-state index in [1.54, 1.807) is 62.4 Å². The van der Waals surface area contributed by atoms with Crippen molar-refractivity contribution in [1.29, 1.82) is 0 Å². The highest BCUT2D eigenvalue weighted by atomic mass is 32.1. The number of carbonyl (C=O) groups excluding carboxylic acids is 3. The number of esters is 1. The second-order valence-electron chi connectivity index (χ2n) is 10.0. The maximum absolute atomic E-state index is 13.7. The van der Waals surface area contributed by atoms with E-state index in [0.29, 0.717) is 41.5 Å². The summed E-state index contributed by atoms with van der Waals surface area (Å²) in [7, 11) is 0. The first-order valence-corrected chi connectivity index (χ1v) is 15.1. The molecule has 0 spiro atoms. The molecular weight excluding hydrogens is 580 g/mol. The molecule has 9 nitrogen and oxygen atoms in total. The average molecular weight is 613 g/mol. The molecule has 1 fully saturated rings. The van der Waals surface area contributed by atoms with Gasteiger partial charge in [0.05, 0.1) is 30.5 Å². The summed E-state index contributed by atoms with van der Waals surface area (Å²) in [4.78, 5) is 45.8. The van der Waals surface area contributed by atoms with Gasteiger partial charge in [-0.1, -0.05) is 60.7 Å². The van der Waals surface area contributed by atoms with Gasteiger partial charge in [0.1, 0.15) is 28.7 Å². The molecule has 0 radical (unpaired) electrons. The summed E-state index contributed by atoms with van der Waals surface area (Å²) < 4.78 is 16.9. The lowest BCUT2D eigenvalue weighted by Gasteiger charge is -2.23. The Morgan fingerprint density at radius 1 is 0.955 bits per heavy atom. The zero-order valence-electron chi connectivity index (χ0n) is 24.6. The SMILES string of the molecule is CCCOc1ccc(/C(O)=C2\C(=O)C(=O)N(c3nc(C)c(C(=O)OCC)s3)C2c2cccc(OCc3ccccc3)c2)cc1. The summed E-state index contributed by atoms with van der Waals surface area (Å²) in [6, 6.07) is 22.3. The van der Waals surface area contributed by atoms with Gasteiger partial charge in [-0.25, -0.2) is 9.78 Å². The molecule has 226 valence electrons. The van der Waals surface area contributed by atoms with Gasteiger partial charge in [-0.15, -0.1) is 0 Å². The number of Topliss-reactive ketones (excluding diaryl/α,β-unsaturated/α-hetero) is 1. The number of aryl methyl sites for hydroxylation is 1. The minimum absolute atomic E-state index is 0.108. The predicted octanol–water partition coefficient (Wildman–Crippen LogP) is 6.62. The molecular formula is C34H32N2O7S. The quantitative estimate of drug-likeness (QED) is 0.0870. The molecule has 1 aliphatic heterocycles. The molecule has 1 aliphatic rings. The number of ketones is 1. The molecule has 2 heterocycles. The standard InChI is InChI=1S/C34H32N2O7S/c1-4-18-42-25-16-14-23(15-17-25)29(37)27-28(24-12-9-13-26(19-24)43-20-22-10-7-6-8-11-22)36(32(39)30(27)38)34-35-21(3)31(44-34)33(40)41-5-2/h6-17,19,28,37H,4-5,18,20H2,1-3H3/b29-27+. The third-order valence-electron chi connectivity index (χ3n) is 6.92. The number of hydrogen-bond donors (Lipinski definition) is 1. The number of ether oxygens (including phenoxy) is 3. The van der Waals surface area contributed by atoms with E-state index in [-0.39, 0.29) is 27.9 Å². The van der Waals surface area contributed by atoms with Crippen LogP contribution in [0.4, 0.5) is 5.13 Å². The molecule has 1 saturated heterocycles. The van der Waals surface area contributed by atoms with Crippen LogP contribution in [0.2, 0.25) is 0 Å². The summed E-state index contributed by atoms with van der Waals surface area (Å²) in [5.41, 5.74) is 2.09. The third-order valence-corrected chi connectivity index (χ3v) is 8.06. The van der Waals surface area contributed by atoms with Gasteiger partial charge < -0.3 is 19.3 Å². The molecule has 0 saturated carbocycles. The van der Waals surface area contributed by atoms with E-state index >= 15 is 0 Å². The van der Waals surface area contributed by atoms with Crippen molar-refractivity contribution in [2.75, 3.05) is 18.1 Å². The number of rotatable bonds is 11. The van der Waals surface area contributed by atoms with E-state index in [1.807, 2.05) is 37.3 Å². The zero-order chi connectivity index (χ0) is 31.2. The molecule has 10 heteroatoms. The van der Waals surface area contributed by atoms with E-state index in [4.69, 9.17) is 14.2 Å². The van der Waals surface area contributed by atoms with Crippen LogP contribution < -0.4 is 14.4 Å². The second-order valence-corrected chi connectivity index (χ2v) is 11.0. The van der Waals surface area contributed by atoms with Crippen molar-refractivity contribution >= 4 is 39.9 Å². The molecule has 3 aromatic carbocycles. The number of aliphatic hydroxyl groups excluding tert-OH is 1. The third kappa shape index (κ3) is 6.35. The number of aliphatic hydroxyl groups is 1. The van der Waals surface area contributed by atoms with Gasteiger partial charge >= 0.3 is 11.9 Å². The van der Waals surface area contributed by atoms with Crippen LogP contribution in [0, 0.1) is 6.92 Å². The molecule has 0 aliphatic carbocycles. The van der Waals surface area contributed by atoms with Gasteiger partial charge in [0.25, 0.3) is 5.78 Å². The van der Waals surface area contributed by atoms with E-state index in [0.717, 1.165) is 23.3 Å². The molecule has 1 N–H and O–H groups in total. The summed E-state index contributed by atoms with van der Waals surface area (Å²) >= 11 is 0.955. The van der Waals surface area contributed by atoms with Crippen LogP contribution >= 0.6 is 11.3 Å². The Kier molecular flexibility index (Phi) is 9.40. The number of carbonyl (C=O) groups is 3. The van der Waals surface area contributed by atoms with Crippen molar-refractivity contribution in [3.05, 3.63) is 112 Å². The van der Waals surface area contributed by atoms with Crippen LogP contribution in [0.3, 0.4) is 0 Å². The Bertz CT molecular complexity index is 1700. The van der Waals surface area contributed by atoms with Crippen LogP contribution in [0.1, 0.15) is 58.4 Å². The largest absolute Gasteiger partial charge is 0.507 e. The zero-order valence-corrected chi connectivity index (χ0v) is 25.4. The average Bonchev–Trinajstić information content (AvgIpc) is 3.55. The Morgan fingerprint density at radius 2 is 1.70 bits per heavy atom. The molecule has 1 amide bonds. The highest BCUT2D eigenvalue weighted by molar-refractivity contribution is 7.17. The fourth-order valence-corrected chi connectivity index (χ4v) is 5.80. The smallest absolute Gasteiger partial charge is 0.350 e. The fourth-order valence-electron chi connectivity index (χ4n) is 4.82. The summed E-state index contributed by atoms with van der Waals surface area (Å²) in [6.45, 7) is 6.36. The summed E-state index contributed by atoms with van der Waals surface area (Å²) in [5, 5.41) is 11.7. The number of anilines is 1. The molecule has 1 atom stereocenters. The number of amides is 1. The number of benzene rings is 3. The van der Waals surface area contributed by atoms with E-state index in [2.05, 4.69) is 4.98 Å². The maximum atomic E-state index is 13.7. The van der Waals surface area contributed by atoms with Crippen LogP contribution in [0.5, 0.6) is 11.5 Å². The number of aromatic nitrogens is 1. The van der Waals surface area contributed by atoms with Crippen LogP contribution in [0.15, 0.2) is 84.4 Å². The lowest BCUT2D eigenvalue weighted by atomic mass is 9.95. The Labute approximate surface area is 259 Å². The fraction of sp³-hybridized carbons (Fsp3) is 0.235. The van der Waals surface area contributed by atoms with Crippen molar-refractivity contribution in [3.8, 4) is 11.5 Å². The molecule has 44 heavy (non-hydrogen) atoms. The molecule has 4 aromatic rings. The number of hydrogen-bond acceptors (Lipinski definition) is 9. The number of nitrogens with zero attached hydrogens (tertiary/aromatic N) is 2. The second kappa shape index (κ2) is 13.6. The Morgan fingerprint density at radius 3 is 2.41 bits per heavy atom. The normalized spacial score (nSPS) is 15.8. The predicted molar refractivity (Wildman–Crippen MR) is 167 cm³/mol. The monoisotopic (exact) mass is 612 g/mol. The summed E-state index contributed by atoms with van der Waals surface area (Å²) in [6.07, 6.45) is 0.841. The van der Waals surface area contributed by atoms with Gasteiger partial charge in [0.2, 0.25) is 0 Å². The summed E-state index contributed by atoms with van der Waals surface area (Å²) in [5.74, 6) is -1.53. The van der Waals surface area contributed by atoms with E-state index in [1.165, 1.54) is 4.90 Å². The van der Waals surface area contributed by atoms with Crippen molar-refractivity contribution in [1.82, 2.24) is 4.98 Å². The van der Waals surface area contributed by atoms with Crippen LogP contribution in [0.25, 0.3) is 5.76 Å². The van der Waals surface area contributed by atoms with Crippen LogP contribution in [-0.4, -0.2) is 41.0 Å². The lowest BCUT2D eigenvalue weighted by molar-refractivity contribution is -0.132. The highest BCUT2D eigenvalue weighted by Crippen LogP contribution is 2.44. The van der Waals surface area contributed by atoms with Gasteiger partial charge in [0.15, 0.2) is 5.13 Å². The van der Waals surface area contributed by atoms with Crippen molar-refractivity contribution < 1.29 is 33.7 Å². The molecule has 1 aromatic heterocycles. The molecule has 5 rings (SSSR count). The van der Waals surface area contributed by atoms with Gasteiger partial charge in [-0.05, 0) is 67.8 Å². The maximum Gasteiger partial charge on any atom is 0.350 e. The minimum Gasteiger partial charge on any atom is -0.507 e. The first kappa shape index (κ1) is 30.5. The van der Waals surface area contributed by atoms with E-state index < -0.39 is 23.7 Å². The van der Waals surface area contributed by atoms with Crippen LogP contribution in [-0.2, 0) is 20.9 Å². The van der Waals surface area contributed by atoms with Gasteiger partial charge in [0, 0.05) is 5.56 Å². The van der Waals surface area contributed by atoms with E-state index in [9.17, 15) is 19.5 Å². The first-order chi connectivity index (χ1) is 21.3. The Hall–Kier alpha value is -4.96. The van der Waals surface area contributed by atoms with Crippen molar-refractivity contribution in [3.63, 3.8) is 0 Å². The van der Waals surface area contributed by atoms with Gasteiger partial charge in [-0.2, -0.15) is 0 Å². The van der Waals surface area contributed by atoms with Gasteiger partial charge in [-0.3, -0.25) is 14.5 Å². The van der Waals surface area contributed by atoms with Crippen molar-refractivity contribution in [2.24, 2.45) is 0 Å². The highest BCUT2D eigenvalue weighted by Gasteiger charge is 2.48. The molecule has 1 unspecified atom stereocenters. The topological polar surface area (TPSA) is 115 Å². The first-order valence-electron chi connectivity index (χ1n) is 14.3. The lowest BCUT2D eigenvalue weighted by Crippen LogP contribution is -2.29. The number of thiazole rings is 1. The molecule has 0 bridgehead atoms. The minimum atomic E-state index is -1.05. The van der Waals surface area contributed by atoms with Crippen molar-refractivity contribution in [2.45, 2.75) is 39.8 Å².